The maximum atomic E-state index is 12.1. The summed E-state index contributed by atoms with van der Waals surface area (Å²) in [7, 11) is 1.67. The van der Waals surface area contributed by atoms with E-state index in [4.69, 9.17) is 4.74 Å². The second kappa shape index (κ2) is 8.07. The van der Waals surface area contributed by atoms with Gasteiger partial charge in [-0.3, -0.25) is 0 Å². The molecule has 1 rings (SSSR count). The fourth-order valence-corrected chi connectivity index (χ4v) is 1.80. The van der Waals surface area contributed by atoms with Gasteiger partial charge in [0, 0.05) is 26.3 Å². The Balaban J connectivity index is 2.54. The number of nitrogens with one attached hydrogen (secondary N) is 1. The van der Waals surface area contributed by atoms with Crippen molar-refractivity contribution in [2.45, 2.75) is 26.5 Å². The molecule has 0 aromatic heterocycles. The van der Waals surface area contributed by atoms with Crippen molar-refractivity contribution in [3.8, 4) is 5.75 Å². The van der Waals surface area contributed by atoms with Crippen LogP contribution in [-0.2, 0) is 4.74 Å². The first kappa shape index (κ1) is 15.9. The Bertz CT molecular complexity index is 374. The fourth-order valence-electron chi connectivity index (χ4n) is 1.80. The number of ether oxygens (including phenoxy) is 2. The third-order valence-corrected chi connectivity index (χ3v) is 2.81. The standard InChI is InChI=1S/C14H21F2NO2/c1-10(9-18-3)8-17-11(2)12-5-4-6-13(7-12)19-14(15)16/h4-7,10-11,14,17H,8-9H2,1-3H3. The minimum atomic E-state index is -2.79. The Kier molecular flexibility index (Phi) is 6.73. The summed E-state index contributed by atoms with van der Waals surface area (Å²) in [6.45, 7) is 2.77. The van der Waals surface area contributed by atoms with E-state index in [9.17, 15) is 8.78 Å². The van der Waals surface area contributed by atoms with Crippen molar-refractivity contribution in [3.63, 3.8) is 0 Å². The van der Waals surface area contributed by atoms with Gasteiger partial charge in [-0.2, -0.15) is 8.78 Å². The SMILES string of the molecule is COCC(C)CNC(C)c1cccc(OC(F)F)c1. The van der Waals surface area contributed by atoms with Crippen LogP contribution in [0.15, 0.2) is 24.3 Å². The van der Waals surface area contributed by atoms with Crippen LogP contribution < -0.4 is 10.1 Å². The lowest BCUT2D eigenvalue weighted by molar-refractivity contribution is -0.0499. The molecule has 2 unspecified atom stereocenters. The van der Waals surface area contributed by atoms with Crippen LogP contribution in [0.5, 0.6) is 5.75 Å². The van der Waals surface area contributed by atoms with Crippen LogP contribution in [0.3, 0.4) is 0 Å². The van der Waals surface area contributed by atoms with Crippen LogP contribution >= 0.6 is 0 Å². The van der Waals surface area contributed by atoms with Gasteiger partial charge in [-0.05, 0) is 30.5 Å². The van der Waals surface area contributed by atoms with Crippen molar-refractivity contribution in [2.75, 3.05) is 20.3 Å². The van der Waals surface area contributed by atoms with Gasteiger partial charge >= 0.3 is 6.61 Å². The molecule has 0 aliphatic rings. The van der Waals surface area contributed by atoms with E-state index in [2.05, 4.69) is 17.0 Å². The van der Waals surface area contributed by atoms with Gasteiger partial charge < -0.3 is 14.8 Å². The van der Waals surface area contributed by atoms with Gasteiger partial charge in [0.25, 0.3) is 0 Å². The predicted octanol–water partition coefficient (Wildman–Crippen LogP) is 3.22. The molecular weight excluding hydrogens is 252 g/mol. The van der Waals surface area contributed by atoms with Gasteiger partial charge in [0.2, 0.25) is 0 Å². The van der Waals surface area contributed by atoms with E-state index in [0.29, 0.717) is 12.5 Å². The molecule has 0 saturated heterocycles. The summed E-state index contributed by atoms with van der Waals surface area (Å²) in [4.78, 5) is 0. The van der Waals surface area contributed by atoms with Crippen LogP contribution in [0.25, 0.3) is 0 Å². The maximum Gasteiger partial charge on any atom is 0.387 e. The highest BCUT2D eigenvalue weighted by molar-refractivity contribution is 5.30. The van der Waals surface area contributed by atoms with Crippen molar-refractivity contribution in [1.29, 1.82) is 0 Å². The lowest BCUT2D eigenvalue weighted by Gasteiger charge is -2.18. The monoisotopic (exact) mass is 273 g/mol. The van der Waals surface area contributed by atoms with E-state index in [0.717, 1.165) is 12.1 Å². The Morgan fingerprint density at radius 3 is 2.63 bits per heavy atom. The second-order valence-electron chi connectivity index (χ2n) is 4.64. The van der Waals surface area contributed by atoms with Crippen molar-refractivity contribution in [2.24, 2.45) is 5.92 Å². The van der Waals surface area contributed by atoms with Crippen LogP contribution in [0.1, 0.15) is 25.5 Å². The summed E-state index contributed by atoms with van der Waals surface area (Å²) in [5, 5.41) is 3.34. The zero-order chi connectivity index (χ0) is 14.3. The predicted molar refractivity (Wildman–Crippen MR) is 70.5 cm³/mol. The smallest absolute Gasteiger partial charge is 0.387 e. The van der Waals surface area contributed by atoms with Gasteiger partial charge in [0.1, 0.15) is 5.75 Å². The Hall–Kier alpha value is -1.20. The van der Waals surface area contributed by atoms with E-state index < -0.39 is 6.61 Å². The quantitative estimate of drug-likeness (QED) is 0.789. The summed E-state index contributed by atoms with van der Waals surface area (Å²) >= 11 is 0. The van der Waals surface area contributed by atoms with Crippen LogP contribution in [0.2, 0.25) is 0 Å². The first-order valence-corrected chi connectivity index (χ1v) is 6.30. The molecule has 0 heterocycles. The molecule has 0 spiro atoms. The molecule has 2 atom stereocenters. The zero-order valence-corrected chi connectivity index (χ0v) is 11.5. The fraction of sp³-hybridized carbons (Fsp3) is 0.571. The van der Waals surface area contributed by atoms with Crippen molar-refractivity contribution in [1.82, 2.24) is 5.32 Å². The minimum Gasteiger partial charge on any atom is -0.435 e. The molecule has 1 N–H and O–H groups in total. The first-order valence-electron chi connectivity index (χ1n) is 6.30. The number of methoxy groups -OCH3 is 1. The molecule has 5 heteroatoms. The Morgan fingerprint density at radius 1 is 1.26 bits per heavy atom. The molecule has 0 radical (unpaired) electrons. The molecule has 3 nitrogen and oxygen atoms in total. The highest BCUT2D eigenvalue weighted by atomic mass is 19.3. The van der Waals surface area contributed by atoms with Crippen LogP contribution in [0.4, 0.5) is 8.78 Å². The van der Waals surface area contributed by atoms with E-state index in [1.807, 2.05) is 13.0 Å². The molecular formula is C14H21F2NO2. The topological polar surface area (TPSA) is 30.5 Å². The summed E-state index contributed by atoms with van der Waals surface area (Å²) < 4.78 is 33.7. The molecule has 1 aromatic rings. The molecule has 0 aliphatic heterocycles. The summed E-state index contributed by atoms with van der Waals surface area (Å²) in [5.41, 5.74) is 0.919. The highest BCUT2D eigenvalue weighted by Crippen LogP contribution is 2.20. The van der Waals surface area contributed by atoms with Crippen molar-refractivity contribution in [3.05, 3.63) is 29.8 Å². The minimum absolute atomic E-state index is 0.0699. The summed E-state index contributed by atoms with van der Waals surface area (Å²) in [5.74, 6) is 0.582. The van der Waals surface area contributed by atoms with Crippen LogP contribution in [-0.4, -0.2) is 26.9 Å². The van der Waals surface area contributed by atoms with Crippen molar-refractivity contribution < 1.29 is 18.3 Å². The molecule has 1 aromatic carbocycles. The van der Waals surface area contributed by atoms with E-state index >= 15 is 0 Å². The average Bonchev–Trinajstić information content (AvgIpc) is 2.36. The average molecular weight is 273 g/mol. The summed E-state index contributed by atoms with van der Waals surface area (Å²) in [6.07, 6.45) is 0. The van der Waals surface area contributed by atoms with Gasteiger partial charge in [-0.15, -0.1) is 0 Å². The molecule has 19 heavy (non-hydrogen) atoms. The lowest BCUT2D eigenvalue weighted by atomic mass is 10.1. The van der Waals surface area contributed by atoms with Crippen molar-refractivity contribution >= 4 is 0 Å². The highest BCUT2D eigenvalue weighted by Gasteiger charge is 2.10. The number of alkyl halides is 2. The molecule has 0 amide bonds. The summed E-state index contributed by atoms with van der Waals surface area (Å²) in [6, 6.07) is 6.82. The number of hydrogen-bond donors (Lipinski definition) is 1. The third-order valence-electron chi connectivity index (χ3n) is 2.81. The van der Waals surface area contributed by atoms with Gasteiger partial charge in [-0.25, -0.2) is 0 Å². The van der Waals surface area contributed by atoms with Crippen LogP contribution in [0, 0.1) is 5.92 Å². The number of rotatable bonds is 8. The molecule has 0 aliphatic carbocycles. The van der Waals surface area contributed by atoms with Gasteiger partial charge in [0.15, 0.2) is 0 Å². The molecule has 0 saturated carbocycles. The first-order chi connectivity index (χ1) is 9.02. The lowest BCUT2D eigenvalue weighted by Crippen LogP contribution is -2.26. The molecule has 0 bridgehead atoms. The Morgan fingerprint density at radius 2 is 2.00 bits per heavy atom. The maximum absolute atomic E-state index is 12.1. The molecule has 0 fully saturated rings. The number of benzene rings is 1. The zero-order valence-electron chi connectivity index (χ0n) is 11.5. The third kappa shape index (κ3) is 5.98. The number of hydrogen-bond acceptors (Lipinski definition) is 3. The second-order valence-corrected chi connectivity index (χ2v) is 4.64. The Labute approximate surface area is 112 Å². The van der Waals surface area contributed by atoms with E-state index in [1.54, 1.807) is 19.2 Å². The largest absolute Gasteiger partial charge is 0.435 e. The van der Waals surface area contributed by atoms with E-state index in [-0.39, 0.29) is 11.8 Å². The van der Waals surface area contributed by atoms with Gasteiger partial charge in [0.05, 0.1) is 0 Å². The van der Waals surface area contributed by atoms with E-state index in [1.165, 1.54) is 6.07 Å². The number of halogens is 2. The normalized spacial score (nSPS) is 14.4. The van der Waals surface area contributed by atoms with Gasteiger partial charge in [-0.1, -0.05) is 19.1 Å². The molecule has 108 valence electrons.